The molecule has 1 aromatic heterocycles. The molecule has 0 atom stereocenters. The number of esters is 1. The number of carbonyl (C=O) groups excluding carboxylic acids is 1. The number of imidazole rings is 1. The number of aromatic nitrogens is 2. The van der Waals surface area contributed by atoms with Crippen LogP contribution < -0.4 is 0 Å². The molecule has 0 amide bonds. The number of aryl methyl sites for hydroxylation is 1. The highest BCUT2D eigenvalue weighted by molar-refractivity contribution is 5.85. The second-order valence-electron chi connectivity index (χ2n) is 2.74. The third-order valence-corrected chi connectivity index (χ3v) is 1.75. The molecule has 4 heteroatoms. The van der Waals surface area contributed by atoms with Gasteiger partial charge in [0.2, 0.25) is 5.82 Å². The van der Waals surface area contributed by atoms with Crippen molar-refractivity contribution >= 4 is 5.97 Å². The molecule has 76 valence electrons. The number of hydrogen-bond acceptors (Lipinski definition) is 3. The summed E-state index contributed by atoms with van der Waals surface area (Å²) in [6, 6.07) is 0. The zero-order valence-corrected chi connectivity index (χ0v) is 8.27. The number of ether oxygens (including phenoxy) is 1. The van der Waals surface area contributed by atoms with Gasteiger partial charge in [-0.3, -0.25) is 0 Å². The highest BCUT2D eigenvalue weighted by Gasteiger charge is 2.12. The number of allylic oxidation sites excluding steroid dienone is 1. The summed E-state index contributed by atoms with van der Waals surface area (Å²) in [5.74, 6) is -0.0183. The maximum absolute atomic E-state index is 11.4. The zero-order valence-electron chi connectivity index (χ0n) is 8.27. The van der Waals surface area contributed by atoms with Crippen LogP contribution in [0.1, 0.15) is 24.0 Å². The summed E-state index contributed by atoms with van der Waals surface area (Å²) in [4.78, 5) is 15.3. The molecule has 0 N–H and O–H groups in total. The monoisotopic (exact) mass is 194 g/mol. The summed E-state index contributed by atoms with van der Waals surface area (Å²) >= 11 is 0. The van der Waals surface area contributed by atoms with Crippen molar-refractivity contribution < 1.29 is 9.53 Å². The van der Waals surface area contributed by atoms with Crippen LogP contribution in [0.25, 0.3) is 0 Å². The van der Waals surface area contributed by atoms with E-state index < -0.39 is 0 Å². The van der Waals surface area contributed by atoms with Gasteiger partial charge in [-0.25, -0.2) is 9.78 Å². The fourth-order valence-corrected chi connectivity index (χ4v) is 1.11. The van der Waals surface area contributed by atoms with Crippen molar-refractivity contribution in [3.63, 3.8) is 0 Å². The van der Waals surface area contributed by atoms with E-state index in [4.69, 9.17) is 4.74 Å². The van der Waals surface area contributed by atoms with Crippen molar-refractivity contribution in [3.05, 3.63) is 30.9 Å². The average molecular weight is 194 g/mol. The van der Waals surface area contributed by atoms with E-state index in [-0.39, 0.29) is 5.97 Å². The van der Waals surface area contributed by atoms with Crippen LogP contribution in [0.5, 0.6) is 0 Å². The van der Waals surface area contributed by atoms with E-state index in [0.717, 1.165) is 6.42 Å². The van der Waals surface area contributed by atoms with Crippen LogP contribution >= 0.6 is 0 Å². The maximum atomic E-state index is 11.4. The van der Waals surface area contributed by atoms with Crippen LogP contribution in [-0.2, 0) is 11.3 Å². The quantitative estimate of drug-likeness (QED) is 0.528. The molecular formula is C10H14N2O2. The van der Waals surface area contributed by atoms with Gasteiger partial charge >= 0.3 is 5.97 Å². The van der Waals surface area contributed by atoms with Crippen LogP contribution in [0, 0.1) is 0 Å². The Labute approximate surface area is 83.2 Å². The zero-order chi connectivity index (χ0) is 10.4. The molecule has 1 aromatic rings. The molecule has 0 aliphatic heterocycles. The van der Waals surface area contributed by atoms with E-state index >= 15 is 0 Å². The fraction of sp³-hybridized carbons (Fsp3) is 0.400. The van der Waals surface area contributed by atoms with Gasteiger partial charge in [-0.1, -0.05) is 6.08 Å². The third-order valence-electron chi connectivity index (χ3n) is 1.75. The van der Waals surface area contributed by atoms with Crippen LogP contribution in [0.2, 0.25) is 0 Å². The minimum absolute atomic E-state index is 0.355. The summed E-state index contributed by atoms with van der Waals surface area (Å²) in [5.41, 5.74) is 0. The summed E-state index contributed by atoms with van der Waals surface area (Å²) in [5, 5.41) is 0. The van der Waals surface area contributed by atoms with Gasteiger partial charge in [0.25, 0.3) is 0 Å². The van der Waals surface area contributed by atoms with Gasteiger partial charge in [-0.15, -0.1) is 6.58 Å². The Morgan fingerprint density at radius 2 is 2.57 bits per heavy atom. The van der Waals surface area contributed by atoms with Gasteiger partial charge in [0.1, 0.15) is 0 Å². The van der Waals surface area contributed by atoms with Crippen LogP contribution in [0.3, 0.4) is 0 Å². The van der Waals surface area contributed by atoms with Crippen molar-refractivity contribution in [1.82, 2.24) is 9.55 Å². The molecule has 4 nitrogen and oxygen atoms in total. The smallest absolute Gasteiger partial charge is 0.374 e. The first-order valence-corrected chi connectivity index (χ1v) is 4.58. The number of carbonyl (C=O) groups is 1. The topological polar surface area (TPSA) is 44.1 Å². The van der Waals surface area contributed by atoms with E-state index in [2.05, 4.69) is 11.6 Å². The fourth-order valence-electron chi connectivity index (χ4n) is 1.11. The van der Waals surface area contributed by atoms with Crippen molar-refractivity contribution in [1.29, 1.82) is 0 Å². The summed E-state index contributed by atoms with van der Waals surface area (Å²) in [7, 11) is 0. The van der Waals surface area contributed by atoms with Gasteiger partial charge in [-0.2, -0.15) is 0 Å². The number of hydrogen-bond donors (Lipinski definition) is 0. The normalized spacial score (nSPS) is 9.79. The Balaban J connectivity index is 2.70. The lowest BCUT2D eigenvalue weighted by atomic mass is 10.4. The van der Waals surface area contributed by atoms with E-state index in [1.54, 1.807) is 30.0 Å². The molecule has 0 bridgehead atoms. The van der Waals surface area contributed by atoms with E-state index in [0.29, 0.717) is 19.0 Å². The lowest BCUT2D eigenvalue weighted by Gasteiger charge is -2.04. The molecule has 0 saturated heterocycles. The largest absolute Gasteiger partial charge is 0.460 e. The Bertz CT molecular complexity index is 318. The van der Waals surface area contributed by atoms with Gasteiger partial charge in [0.15, 0.2) is 0 Å². The Hall–Kier alpha value is -1.58. The first-order chi connectivity index (χ1) is 6.79. The van der Waals surface area contributed by atoms with E-state index in [1.165, 1.54) is 0 Å². The molecule has 0 unspecified atom stereocenters. The van der Waals surface area contributed by atoms with Gasteiger partial charge in [0, 0.05) is 18.9 Å². The average Bonchev–Trinajstić information content (AvgIpc) is 2.63. The minimum Gasteiger partial charge on any atom is -0.460 e. The Morgan fingerprint density at radius 1 is 1.79 bits per heavy atom. The first kappa shape index (κ1) is 10.5. The molecule has 0 spiro atoms. The maximum Gasteiger partial charge on any atom is 0.374 e. The van der Waals surface area contributed by atoms with Crippen LogP contribution in [-0.4, -0.2) is 22.1 Å². The molecule has 1 heterocycles. The molecule has 1 rings (SSSR count). The van der Waals surface area contributed by atoms with Crippen LogP contribution in [0.15, 0.2) is 25.0 Å². The minimum atomic E-state index is -0.374. The second-order valence-corrected chi connectivity index (χ2v) is 2.74. The summed E-state index contributed by atoms with van der Waals surface area (Å²) in [6.45, 7) is 6.47. The molecule has 0 fully saturated rings. The predicted octanol–water partition coefficient (Wildman–Crippen LogP) is 1.64. The molecule has 0 radical (unpaired) electrons. The number of rotatable bonds is 5. The van der Waals surface area contributed by atoms with Crippen LogP contribution in [0.4, 0.5) is 0 Å². The Kier molecular flexibility index (Phi) is 3.91. The van der Waals surface area contributed by atoms with E-state index in [1.807, 2.05) is 0 Å². The van der Waals surface area contributed by atoms with Gasteiger partial charge in [-0.05, 0) is 13.3 Å². The highest BCUT2D eigenvalue weighted by Crippen LogP contribution is 2.01. The third kappa shape index (κ3) is 2.45. The molecule has 0 aromatic carbocycles. The molecular weight excluding hydrogens is 180 g/mol. The molecule has 0 saturated carbocycles. The summed E-state index contributed by atoms with van der Waals surface area (Å²) < 4.78 is 6.62. The van der Waals surface area contributed by atoms with Crippen molar-refractivity contribution in [2.24, 2.45) is 0 Å². The van der Waals surface area contributed by atoms with Crippen molar-refractivity contribution in [2.75, 3.05) is 6.61 Å². The lowest BCUT2D eigenvalue weighted by Crippen LogP contribution is -2.13. The number of nitrogens with zero attached hydrogens (tertiary/aromatic N) is 2. The molecule has 14 heavy (non-hydrogen) atoms. The van der Waals surface area contributed by atoms with Gasteiger partial charge < -0.3 is 9.30 Å². The summed E-state index contributed by atoms with van der Waals surface area (Å²) in [6.07, 6.45) is 5.96. The van der Waals surface area contributed by atoms with Crippen molar-refractivity contribution in [3.8, 4) is 0 Å². The molecule has 0 aliphatic rings. The van der Waals surface area contributed by atoms with Gasteiger partial charge in [0.05, 0.1) is 6.61 Å². The second kappa shape index (κ2) is 5.21. The standard InChI is InChI=1S/C10H14N2O2/c1-3-5-7-12-8-6-11-9(12)10(13)14-4-2/h3,6,8H,1,4-5,7H2,2H3. The SMILES string of the molecule is C=CCCn1ccnc1C(=O)OCC. The first-order valence-electron chi connectivity index (χ1n) is 4.58. The lowest BCUT2D eigenvalue weighted by molar-refractivity contribution is 0.0506. The highest BCUT2D eigenvalue weighted by atomic mass is 16.5. The van der Waals surface area contributed by atoms with Crippen molar-refractivity contribution in [2.45, 2.75) is 19.9 Å². The Morgan fingerprint density at radius 3 is 3.21 bits per heavy atom. The predicted molar refractivity (Wildman–Crippen MR) is 53.0 cm³/mol. The molecule has 0 aliphatic carbocycles. The van der Waals surface area contributed by atoms with E-state index in [9.17, 15) is 4.79 Å².